The fraction of sp³-hybridized carbons (Fsp3) is 0.250. The van der Waals surface area contributed by atoms with Gasteiger partial charge in [0.2, 0.25) is 0 Å². The van der Waals surface area contributed by atoms with Crippen LogP contribution >= 0.6 is 11.6 Å². The summed E-state index contributed by atoms with van der Waals surface area (Å²) in [5.74, 6) is 0.496. The SMILES string of the molecule is C=CCOc1ccc(C(=O)Nc2cc(Cl)ccc2N2CCOCC2)cc1. The van der Waals surface area contributed by atoms with Crippen LogP contribution in [-0.4, -0.2) is 38.8 Å². The van der Waals surface area contributed by atoms with Crippen molar-refractivity contribution in [1.82, 2.24) is 0 Å². The topological polar surface area (TPSA) is 50.8 Å². The van der Waals surface area contributed by atoms with E-state index in [0.717, 1.165) is 18.8 Å². The summed E-state index contributed by atoms with van der Waals surface area (Å²) < 4.78 is 10.8. The first-order chi connectivity index (χ1) is 12.7. The molecule has 0 aromatic heterocycles. The van der Waals surface area contributed by atoms with Gasteiger partial charge in [-0.2, -0.15) is 0 Å². The molecule has 6 heteroatoms. The van der Waals surface area contributed by atoms with Crippen LogP contribution in [0.4, 0.5) is 11.4 Å². The fourth-order valence-corrected chi connectivity index (χ4v) is 2.91. The minimum absolute atomic E-state index is 0.197. The number of carbonyl (C=O) groups is 1. The molecular weight excluding hydrogens is 352 g/mol. The number of ether oxygens (including phenoxy) is 2. The maximum absolute atomic E-state index is 12.6. The van der Waals surface area contributed by atoms with Gasteiger partial charge < -0.3 is 19.7 Å². The quantitative estimate of drug-likeness (QED) is 0.779. The van der Waals surface area contributed by atoms with Crippen molar-refractivity contribution in [2.45, 2.75) is 0 Å². The van der Waals surface area contributed by atoms with Gasteiger partial charge in [0.15, 0.2) is 0 Å². The number of nitrogens with zero attached hydrogens (tertiary/aromatic N) is 1. The van der Waals surface area contributed by atoms with E-state index in [0.29, 0.717) is 41.8 Å². The summed E-state index contributed by atoms with van der Waals surface area (Å²) in [5.41, 5.74) is 2.18. The van der Waals surface area contributed by atoms with Crippen molar-refractivity contribution < 1.29 is 14.3 Å². The van der Waals surface area contributed by atoms with Gasteiger partial charge in [0.1, 0.15) is 12.4 Å². The van der Waals surface area contributed by atoms with E-state index < -0.39 is 0 Å². The molecule has 2 aromatic rings. The number of rotatable bonds is 6. The van der Waals surface area contributed by atoms with Gasteiger partial charge in [0, 0.05) is 23.7 Å². The average molecular weight is 373 g/mol. The lowest BCUT2D eigenvalue weighted by Gasteiger charge is -2.30. The molecule has 1 amide bonds. The Morgan fingerprint density at radius 2 is 1.96 bits per heavy atom. The Morgan fingerprint density at radius 1 is 1.23 bits per heavy atom. The van der Waals surface area contributed by atoms with E-state index in [9.17, 15) is 4.79 Å². The molecule has 136 valence electrons. The lowest BCUT2D eigenvalue weighted by atomic mass is 10.1. The monoisotopic (exact) mass is 372 g/mol. The molecule has 1 aliphatic heterocycles. The Bertz CT molecular complexity index is 771. The highest BCUT2D eigenvalue weighted by molar-refractivity contribution is 6.31. The Kier molecular flexibility index (Phi) is 6.15. The van der Waals surface area contributed by atoms with Crippen LogP contribution in [0.2, 0.25) is 5.02 Å². The summed E-state index contributed by atoms with van der Waals surface area (Å²) in [4.78, 5) is 14.8. The third kappa shape index (κ3) is 4.56. The summed E-state index contributed by atoms with van der Waals surface area (Å²) in [6, 6.07) is 12.5. The van der Waals surface area contributed by atoms with Gasteiger partial charge >= 0.3 is 0 Å². The minimum atomic E-state index is -0.197. The predicted molar refractivity (Wildman–Crippen MR) is 105 cm³/mol. The van der Waals surface area contributed by atoms with Crippen molar-refractivity contribution >= 4 is 28.9 Å². The van der Waals surface area contributed by atoms with Crippen LogP contribution in [-0.2, 0) is 4.74 Å². The van der Waals surface area contributed by atoms with Gasteiger partial charge in [-0.15, -0.1) is 0 Å². The first kappa shape index (κ1) is 18.3. The Hall–Kier alpha value is -2.50. The summed E-state index contributed by atoms with van der Waals surface area (Å²) in [5, 5.41) is 3.54. The highest BCUT2D eigenvalue weighted by Crippen LogP contribution is 2.30. The van der Waals surface area contributed by atoms with Crippen molar-refractivity contribution in [2.75, 3.05) is 43.1 Å². The Balaban J connectivity index is 1.76. The van der Waals surface area contributed by atoms with Crippen LogP contribution in [0.25, 0.3) is 0 Å². The van der Waals surface area contributed by atoms with Crippen molar-refractivity contribution in [1.29, 1.82) is 0 Å². The number of morpholine rings is 1. The number of halogens is 1. The Morgan fingerprint density at radius 3 is 2.65 bits per heavy atom. The van der Waals surface area contributed by atoms with E-state index in [1.165, 1.54) is 0 Å². The molecule has 0 unspecified atom stereocenters. The zero-order chi connectivity index (χ0) is 18.4. The molecule has 1 fully saturated rings. The lowest BCUT2D eigenvalue weighted by Crippen LogP contribution is -2.36. The molecule has 2 aromatic carbocycles. The van der Waals surface area contributed by atoms with Gasteiger partial charge in [-0.05, 0) is 42.5 Å². The van der Waals surface area contributed by atoms with E-state index in [1.54, 1.807) is 36.4 Å². The van der Waals surface area contributed by atoms with E-state index in [-0.39, 0.29) is 5.91 Å². The highest BCUT2D eigenvalue weighted by atomic mass is 35.5. The normalized spacial score (nSPS) is 14.0. The molecule has 0 aliphatic carbocycles. The molecule has 1 aliphatic rings. The summed E-state index contributed by atoms with van der Waals surface area (Å²) in [6.07, 6.45) is 1.67. The first-order valence-electron chi connectivity index (χ1n) is 8.45. The maximum Gasteiger partial charge on any atom is 0.255 e. The second-order valence-electron chi connectivity index (χ2n) is 5.84. The largest absolute Gasteiger partial charge is 0.490 e. The van der Waals surface area contributed by atoms with E-state index in [2.05, 4.69) is 16.8 Å². The van der Waals surface area contributed by atoms with Crippen LogP contribution < -0.4 is 15.0 Å². The molecule has 0 spiro atoms. The van der Waals surface area contributed by atoms with Crippen molar-refractivity contribution in [3.63, 3.8) is 0 Å². The molecule has 1 N–H and O–H groups in total. The van der Waals surface area contributed by atoms with E-state index in [1.807, 2.05) is 12.1 Å². The lowest BCUT2D eigenvalue weighted by molar-refractivity contribution is 0.102. The maximum atomic E-state index is 12.6. The molecule has 26 heavy (non-hydrogen) atoms. The van der Waals surface area contributed by atoms with Crippen molar-refractivity contribution in [2.24, 2.45) is 0 Å². The standard InChI is InChI=1S/C20H21ClN2O3/c1-2-11-26-17-6-3-15(4-7-17)20(24)22-18-14-16(21)5-8-19(18)23-9-12-25-13-10-23/h2-8,14H,1,9-13H2,(H,22,24). The highest BCUT2D eigenvalue weighted by Gasteiger charge is 2.17. The van der Waals surface area contributed by atoms with Crippen molar-refractivity contribution in [3.8, 4) is 5.75 Å². The van der Waals surface area contributed by atoms with Crippen LogP contribution in [0.5, 0.6) is 5.75 Å². The zero-order valence-electron chi connectivity index (χ0n) is 14.4. The Labute approximate surface area is 158 Å². The third-order valence-corrected chi connectivity index (χ3v) is 4.28. The number of hydrogen-bond donors (Lipinski definition) is 1. The van der Waals surface area contributed by atoms with Gasteiger partial charge in [-0.1, -0.05) is 24.3 Å². The first-order valence-corrected chi connectivity index (χ1v) is 8.82. The van der Waals surface area contributed by atoms with Crippen LogP contribution in [0, 0.1) is 0 Å². The van der Waals surface area contributed by atoms with Gasteiger partial charge in [-0.25, -0.2) is 0 Å². The van der Waals surface area contributed by atoms with Crippen molar-refractivity contribution in [3.05, 3.63) is 65.7 Å². The molecular formula is C20H21ClN2O3. The number of carbonyl (C=O) groups excluding carboxylic acids is 1. The summed E-state index contributed by atoms with van der Waals surface area (Å²) in [6.45, 7) is 6.93. The molecule has 0 bridgehead atoms. The smallest absolute Gasteiger partial charge is 0.255 e. The number of nitrogens with one attached hydrogen (secondary N) is 1. The number of anilines is 2. The molecule has 0 atom stereocenters. The number of benzene rings is 2. The molecule has 1 saturated heterocycles. The molecule has 0 saturated carbocycles. The van der Waals surface area contributed by atoms with Crippen LogP contribution in [0.1, 0.15) is 10.4 Å². The average Bonchev–Trinajstić information content (AvgIpc) is 2.67. The number of hydrogen-bond acceptors (Lipinski definition) is 4. The third-order valence-electron chi connectivity index (χ3n) is 4.04. The van der Waals surface area contributed by atoms with E-state index in [4.69, 9.17) is 21.1 Å². The van der Waals surface area contributed by atoms with Gasteiger partial charge in [-0.3, -0.25) is 4.79 Å². The number of amides is 1. The van der Waals surface area contributed by atoms with Crippen LogP contribution in [0.15, 0.2) is 55.1 Å². The molecule has 5 nitrogen and oxygen atoms in total. The van der Waals surface area contributed by atoms with Gasteiger partial charge in [0.25, 0.3) is 5.91 Å². The molecule has 3 rings (SSSR count). The minimum Gasteiger partial charge on any atom is -0.490 e. The molecule has 1 heterocycles. The summed E-state index contributed by atoms with van der Waals surface area (Å²) in [7, 11) is 0. The summed E-state index contributed by atoms with van der Waals surface area (Å²) >= 11 is 6.14. The van der Waals surface area contributed by atoms with Gasteiger partial charge in [0.05, 0.1) is 24.6 Å². The second kappa shape index (κ2) is 8.74. The fourth-order valence-electron chi connectivity index (χ4n) is 2.74. The van der Waals surface area contributed by atoms with E-state index >= 15 is 0 Å². The second-order valence-corrected chi connectivity index (χ2v) is 6.28. The zero-order valence-corrected chi connectivity index (χ0v) is 15.2. The van der Waals surface area contributed by atoms with Crippen LogP contribution in [0.3, 0.4) is 0 Å². The predicted octanol–water partition coefficient (Wildman–Crippen LogP) is 3.99. The molecule has 0 radical (unpaired) electrons.